The Morgan fingerprint density at radius 1 is 1.10 bits per heavy atom. The van der Waals surface area contributed by atoms with Gasteiger partial charge in [0, 0.05) is 24.5 Å². The van der Waals surface area contributed by atoms with E-state index in [0.717, 1.165) is 18.8 Å². The number of hydrogen-bond donors (Lipinski definition) is 1. The Labute approximate surface area is 120 Å². The Morgan fingerprint density at radius 2 is 1.80 bits per heavy atom. The molecule has 0 amide bonds. The normalized spacial score (nSPS) is 10.6. The van der Waals surface area contributed by atoms with Crippen molar-refractivity contribution in [3.63, 3.8) is 0 Å². The van der Waals surface area contributed by atoms with E-state index in [-0.39, 0.29) is 5.82 Å². The topological polar surface area (TPSA) is 15.3 Å². The molecule has 2 nitrogen and oxygen atoms in total. The fourth-order valence-electron chi connectivity index (χ4n) is 2.42. The van der Waals surface area contributed by atoms with Crippen LogP contribution >= 0.6 is 0 Å². The molecular weight excluding hydrogens is 251 g/mol. The van der Waals surface area contributed by atoms with Crippen molar-refractivity contribution >= 4 is 11.4 Å². The maximum absolute atomic E-state index is 13.1. The van der Waals surface area contributed by atoms with Crippen LogP contribution in [0.1, 0.15) is 18.1 Å². The van der Waals surface area contributed by atoms with E-state index in [9.17, 15) is 4.39 Å². The number of hydrogen-bond acceptors (Lipinski definition) is 2. The van der Waals surface area contributed by atoms with Gasteiger partial charge in [-0.3, -0.25) is 0 Å². The third-order valence-corrected chi connectivity index (χ3v) is 3.35. The van der Waals surface area contributed by atoms with Gasteiger partial charge < -0.3 is 10.2 Å². The lowest BCUT2D eigenvalue weighted by Gasteiger charge is -2.26. The number of rotatable bonds is 5. The lowest BCUT2D eigenvalue weighted by atomic mass is 10.1. The van der Waals surface area contributed by atoms with Gasteiger partial charge in [0.05, 0.1) is 0 Å². The maximum atomic E-state index is 13.1. The molecule has 3 heteroatoms. The highest BCUT2D eigenvalue weighted by Gasteiger charge is 2.11. The van der Waals surface area contributed by atoms with Crippen molar-refractivity contribution in [2.75, 3.05) is 18.5 Å². The summed E-state index contributed by atoms with van der Waals surface area (Å²) < 4.78 is 13.1. The first-order valence-corrected chi connectivity index (χ1v) is 6.93. The molecule has 0 atom stereocenters. The third kappa shape index (κ3) is 3.17. The molecule has 0 unspecified atom stereocenters. The van der Waals surface area contributed by atoms with Crippen LogP contribution in [-0.2, 0) is 6.54 Å². The van der Waals surface area contributed by atoms with Gasteiger partial charge in [-0.1, -0.05) is 17.7 Å². The zero-order valence-electron chi connectivity index (χ0n) is 12.3. The molecule has 0 aromatic heterocycles. The molecule has 0 fully saturated rings. The highest BCUT2D eigenvalue weighted by molar-refractivity contribution is 5.66. The lowest BCUT2D eigenvalue weighted by molar-refractivity contribution is 0.628. The number of halogens is 1. The zero-order valence-corrected chi connectivity index (χ0v) is 12.3. The van der Waals surface area contributed by atoms with E-state index >= 15 is 0 Å². The Bertz CT molecular complexity index is 564. The first kappa shape index (κ1) is 14.5. The SMILES string of the molecule is CCN(c1ccc(F)cc1)c1ccc(C)cc1CNC. The highest BCUT2D eigenvalue weighted by Crippen LogP contribution is 2.29. The van der Waals surface area contributed by atoms with Gasteiger partial charge in [-0.2, -0.15) is 0 Å². The maximum Gasteiger partial charge on any atom is 0.123 e. The molecule has 0 aliphatic heterocycles. The molecule has 0 saturated carbocycles. The third-order valence-electron chi connectivity index (χ3n) is 3.35. The van der Waals surface area contributed by atoms with Gasteiger partial charge in [-0.25, -0.2) is 4.39 Å². The summed E-state index contributed by atoms with van der Waals surface area (Å²) in [6.07, 6.45) is 0. The second-order valence-corrected chi connectivity index (χ2v) is 4.88. The summed E-state index contributed by atoms with van der Waals surface area (Å²) in [6, 6.07) is 13.1. The Hall–Kier alpha value is -1.87. The van der Waals surface area contributed by atoms with Crippen molar-refractivity contribution in [2.45, 2.75) is 20.4 Å². The van der Waals surface area contributed by atoms with E-state index in [1.54, 1.807) is 0 Å². The summed E-state index contributed by atoms with van der Waals surface area (Å²) in [5, 5.41) is 3.20. The Morgan fingerprint density at radius 3 is 2.40 bits per heavy atom. The Kier molecular flexibility index (Phi) is 4.74. The molecule has 0 radical (unpaired) electrons. The summed E-state index contributed by atoms with van der Waals surface area (Å²) in [6.45, 7) is 5.85. The van der Waals surface area contributed by atoms with Crippen LogP contribution < -0.4 is 10.2 Å². The molecule has 2 aromatic rings. The lowest BCUT2D eigenvalue weighted by Crippen LogP contribution is -2.19. The van der Waals surface area contributed by atoms with Crippen LogP contribution in [0.25, 0.3) is 0 Å². The van der Waals surface area contributed by atoms with Crippen LogP contribution in [0.3, 0.4) is 0 Å². The second-order valence-electron chi connectivity index (χ2n) is 4.88. The highest BCUT2D eigenvalue weighted by atomic mass is 19.1. The number of aryl methyl sites for hydroxylation is 1. The van der Waals surface area contributed by atoms with Crippen LogP contribution in [0.4, 0.5) is 15.8 Å². The summed E-state index contributed by atoms with van der Waals surface area (Å²) in [5.74, 6) is -0.204. The van der Waals surface area contributed by atoms with Crippen LogP contribution in [0.2, 0.25) is 0 Å². The molecule has 20 heavy (non-hydrogen) atoms. The quantitative estimate of drug-likeness (QED) is 0.884. The number of benzene rings is 2. The number of nitrogens with one attached hydrogen (secondary N) is 1. The zero-order chi connectivity index (χ0) is 14.5. The van der Waals surface area contributed by atoms with E-state index in [0.29, 0.717) is 0 Å². The summed E-state index contributed by atoms with van der Waals surface area (Å²) >= 11 is 0. The van der Waals surface area contributed by atoms with Gasteiger partial charge >= 0.3 is 0 Å². The van der Waals surface area contributed by atoms with E-state index < -0.39 is 0 Å². The van der Waals surface area contributed by atoms with Crippen molar-refractivity contribution < 1.29 is 4.39 Å². The van der Waals surface area contributed by atoms with Gasteiger partial charge in [-0.15, -0.1) is 0 Å². The van der Waals surface area contributed by atoms with Crippen LogP contribution in [0.15, 0.2) is 42.5 Å². The minimum Gasteiger partial charge on any atom is -0.342 e. The fourth-order valence-corrected chi connectivity index (χ4v) is 2.42. The van der Waals surface area contributed by atoms with Gasteiger partial charge in [-0.05, 0) is 56.8 Å². The average Bonchev–Trinajstić information content (AvgIpc) is 2.44. The van der Waals surface area contributed by atoms with Gasteiger partial charge in [0.15, 0.2) is 0 Å². The van der Waals surface area contributed by atoms with Crippen LogP contribution in [-0.4, -0.2) is 13.6 Å². The Balaban J connectivity index is 2.43. The minimum absolute atomic E-state index is 0.204. The van der Waals surface area contributed by atoms with Gasteiger partial charge in [0.25, 0.3) is 0 Å². The van der Waals surface area contributed by atoms with Crippen molar-refractivity contribution in [1.82, 2.24) is 5.32 Å². The molecular formula is C17H21FN2. The molecule has 0 aliphatic carbocycles. The number of nitrogens with zero attached hydrogens (tertiary/aromatic N) is 1. The standard InChI is InChI=1S/C17H21FN2/c1-4-20(16-8-6-15(18)7-9-16)17-10-5-13(2)11-14(17)12-19-3/h5-11,19H,4,12H2,1-3H3. The molecule has 106 valence electrons. The molecule has 0 spiro atoms. The van der Waals surface area contributed by atoms with Gasteiger partial charge in [0.1, 0.15) is 5.82 Å². The van der Waals surface area contributed by atoms with Crippen LogP contribution in [0, 0.1) is 12.7 Å². The summed E-state index contributed by atoms with van der Waals surface area (Å²) in [7, 11) is 1.94. The van der Waals surface area contributed by atoms with E-state index in [4.69, 9.17) is 0 Å². The molecule has 2 aromatic carbocycles. The monoisotopic (exact) mass is 272 g/mol. The van der Waals surface area contributed by atoms with Crippen molar-refractivity contribution in [2.24, 2.45) is 0 Å². The predicted octanol–water partition coefficient (Wildman–Crippen LogP) is 4.01. The van der Waals surface area contributed by atoms with Crippen molar-refractivity contribution in [1.29, 1.82) is 0 Å². The molecule has 0 heterocycles. The van der Waals surface area contributed by atoms with E-state index in [1.807, 2.05) is 19.2 Å². The first-order chi connectivity index (χ1) is 9.65. The van der Waals surface area contributed by atoms with Crippen molar-refractivity contribution in [3.05, 3.63) is 59.4 Å². The van der Waals surface area contributed by atoms with Crippen molar-refractivity contribution in [3.8, 4) is 0 Å². The predicted molar refractivity (Wildman–Crippen MR) is 83.0 cm³/mol. The number of anilines is 2. The molecule has 2 rings (SSSR count). The van der Waals surface area contributed by atoms with Crippen LogP contribution in [0.5, 0.6) is 0 Å². The summed E-state index contributed by atoms with van der Waals surface area (Å²) in [4.78, 5) is 2.20. The molecule has 0 aliphatic rings. The largest absolute Gasteiger partial charge is 0.342 e. The summed E-state index contributed by atoms with van der Waals surface area (Å²) in [5.41, 5.74) is 4.67. The van der Waals surface area contributed by atoms with Gasteiger partial charge in [0.2, 0.25) is 0 Å². The second kappa shape index (κ2) is 6.53. The molecule has 0 saturated heterocycles. The smallest absolute Gasteiger partial charge is 0.123 e. The first-order valence-electron chi connectivity index (χ1n) is 6.93. The minimum atomic E-state index is -0.204. The molecule has 1 N–H and O–H groups in total. The average molecular weight is 272 g/mol. The fraction of sp³-hybridized carbons (Fsp3) is 0.294. The van der Waals surface area contributed by atoms with E-state index in [1.165, 1.54) is 28.9 Å². The van der Waals surface area contributed by atoms with E-state index in [2.05, 4.69) is 42.3 Å². The molecule has 0 bridgehead atoms.